The Bertz CT molecular complexity index is 1250. The molecule has 182 valence electrons. The number of nitrogens with zero attached hydrogens (tertiary/aromatic N) is 5. The molecular weight excluding hydrogens is 456 g/mol. The number of piperazine rings is 1. The summed E-state index contributed by atoms with van der Waals surface area (Å²) in [6.45, 7) is 7.02. The Morgan fingerprint density at radius 1 is 1.09 bits per heavy atom. The number of hydrogen-bond acceptors (Lipinski definition) is 8. The zero-order valence-corrected chi connectivity index (χ0v) is 19.4. The maximum Gasteiger partial charge on any atom is 0.265 e. The fourth-order valence-electron chi connectivity index (χ4n) is 4.26. The van der Waals surface area contributed by atoms with Crippen LogP contribution >= 0.6 is 0 Å². The van der Waals surface area contributed by atoms with Gasteiger partial charge in [0.1, 0.15) is 11.5 Å². The number of rotatable bonds is 5. The van der Waals surface area contributed by atoms with Crippen LogP contribution in [0, 0.1) is 11.6 Å². The fourth-order valence-corrected chi connectivity index (χ4v) is 4.26. The van der Waals surface area contributed by atoms with Crippen molar-refractivity contribution in [1.82, 2.24) is 20.3 Å². The summed E-state index contributed by atoms with van der Waals surface area (Å²) in [7, 11) is 0. The van der Waals surface area contributed by atoms with Gasteiger partial charge in [-0.15, -0.1) is 0 Å². The Kier molecular flexibility index (Phi) is 6.16. The number of halogens is 2. The molecule has 0 saturated carbocycles. The first kappa shape index (κ1) is 22.9. The highest BCUT2D eigenvalue weighted by Crippen LogP contribution is 2.39. The number of fused-ring (bicyclic) bond motifs is 1. The molecule has 0 aliphatic carbocycles. The molecule has 2 aliphatic rings. The third-order valence-electron chi connectivity index (χ3n) is 5.90. The van der Waals surface area contributed by atoms with Gasteiger partial charge in [-0.1, -0.05) is 0 Å². The smallest absolute Gasteiger partial charge is 0.265 e. The fraction of sp³-hybridized carbons (Fsp3) is 0.333. The van der Waals surface area contributed by atoms with Gasteiger partial charge in [-0.2, -0.15) is 0 Å². The van der Waals surface area contributed by atoms with E-state index in [1.54, 1.807) is 12.3 Å². The molecule has 9 nitrogen and oxygen atoms in total. The molecule has 4 heterocycles. The third-order valence-corrected chi connectivity index (χ3v) is 5.90. The van der Waals surface area contributed by atoms with Crippen molar-refractivity contribution in [2.24, 2.45) is 0 Å². The molecule has 0 atom stereocenters. The van der Waals surface area contributed by atoms with Crippen LogP contribution in [0.15, 0.2) is 36.7 Å². The number of hydrogen-bond donors (Lipinski definition) is 2. The van der Waals surface area contributed by atoms with Gasteiger partial charge in [-0.25, -0.2) is 23.7 Å². The summed E-state index contributed by atoms with van der Waals surface area (Å²) in [4.78, 5) is 28.7. The predicted octanol–water partition coefficient (Wildman–Crippen LogP) is 3.10. The van der Waals surface area contributed by atoms with Crippen molar-refractivity contribution < 1.29 is 18.3 Å². The van der Waals surface area contributed by atoms with Crippen LogP contribution in [0.3, 0.4) is 0 Å². The molecule has 0 bridgehead atoms. The van der Waals surface area contributed by atoms with Gasteiger partial charge in [0.15, 0.2) is 24.0 Å². The lowest BCUT2D eigenvalue weighted by atomic mass is 10.1. The van der Waals surface area contributed by atoms with Gasteiger partial charge >= 0.3 is 0 Å². The first-order valence-corrected chi connectivity index (χ1v) is 11.4. The minimum Gasteiger partial charge on any atom is -0.478 e. The zero-order valence-electron chi connectivity index (χ0n) is 19.4. The highest BCUT2D eigenvalue weighted by molar-refractivity contribution is 5.99. The number of aromatic nitrogens is 3. The van der Waals surface area contributed by atoms with E-state index in [9.17, 15) is 13.6 Å². The third kappa shape index (κ3) is 4.59. The maximum atomic E-state index is 14.9. The summed E-state index contributed by atoms with van der Waals surface area (Å²) in [6, 6.07) is 6.16. The van der Waals surface area contributed by atoms with Crippen molar-refractivity contribution in [2.75, 3.05) is 47.9 Å². The van der Waals surface area contributed by atoms with E-state index in [0.29, 0.717) is 5.82 Å². The average Bonchev–Trinajstić information content (AvgIpc) is 2.85. The highest BCUT2D eigenvalue weighted by Gasteiger charge is 2.31. The number of pyridine rings is 1. The van der Waals surface area contributed by atoms with Crippen molar-refractivity contribution >= 4 is 29.0 Å². The van der Waals surface area contributed by atoms with Crippen molar-refractivity contribution in [3.63, 3.8) is 0 Å². The lowest BCUT2D eigenvalue weighted by molar-refractivity contribution is -0.121. The monoisotopic (exact) mass is 481 g/mol. The number of nitrogens with one attached hydrogen (secondary N) is 2. The molecule has 5 rings (SSSR count). The summed E-state index contributed by atoms with van der Waals surface area (Å²) in [5, 5.41) is 6.28. The second-order valence-corrected chi connectivity index (χ2v) is 8.61. The number of benzene rings is 1. The van der Waals surface area contributed by atoms with Crippen LogP contribution in [-0.4, -0.2) is 59.7 Å². The standard InChI is InChI=1S/C24H25F2N7O2/c1-14(2)33-19-10-15(9-17(25)23(19)35-13-21(33)34)22-18(26)12-29-24(31-22)30-20-4-3-16(11-28-20)32-7-5-27-6-8-32/h3-4,9-12,14,27H,5-8,13H2,1-2H3,(H,28,29,30,31). The van der Waals surface area contributed by atoms with Crippen molar-refractivity contribution in [2.45, 2.75) is 19.9 Å². The molecular formula is C24H25F2N7O2. The Labute approximate surface area is 201 Å². The molecule has 1 aromatic carbocycles. The SMILES string of the molecule is CC(C)N1C(=O)COc2c(F)cc(-c3nc(Nc4ccc(N5CCNCC5)cn4)ncc3F)cc21. The van der Waals surface area contributed by atoms with Crippen molar-refractivity contribution in [3.8, 4) is 17.0 Å². The van der Waals surface area contributed by atoms with Gasteiger partial charge in [0.2, 0.25) is 5.95 Å². The number of carbonyl (C=O) groups is 1. The second-order valence-electron chi connectivity index (χ2n) is 8.61. The molecule has 2 N–H and O–H groups in total. The number of anilines is 4. The van der Waals surface area contributed by atoms with E-state index >= 15 is 0 Å². The van der Waals surface area contributed by atoms with E-state index in [0.717, 1.165) is 44.1 Å². The van der Waals surface area contributed by atoms with E-state index in [2.05, 4.69) is 30.5 Å². The Morgan fingerprint density at radius 3 is 2.60 bits per heavy atom. The number of carbonyl (C=O) groups excluding carboxylic acids is 1. The van der Waals surface area contributed by atoms with Gasteiger partial charge in [-0.05, 0) is 38.1 Å². The summed E-state index contributed by atoms with van der Waals surface area (Å²) < 4.78 is 34.9. The van der Waals surface area contributed by atoms with Crippen LogP contribution in [-0.2, 0) is 4.79 Å². The molecule has 2 aromatic heterocycles. The van der Waals surface area contributed by atoms with Gasteiger partial charge in [0.25, 0.3) is 5.91 Å². The summed E-state index contributed by atoms with van der Waals surface area (Å²) in [5.74, 6) is -1.17. The molecule has 3 aromatic rings. The lowest BCUT2D eigenvalue weighted by Crippen LogP contribution is -2.43. The van der Waals surface area contributed by atoms with Gasteiger partial charge in [0.05, 0.1) is 23.8 Å². The van der Waals surface area contributed by atoms with Crippen LogP contribution in [0.2, 0.25) is 0 Å². The molecule has 0 radical (unpaired) electrons. The summed E-state index contributed by atoms with van der Waals surface area (Å²) >= 11 is 0. The molecule has 35 heavy (non-hydrogen) atoms. The predicted molar refractivity (Wildman–Crippen MR) is 128 cm³/mol. The minimum absolute atomic E-state index is 0.0383. The van der Waals surface area contributed by atoms with Crippen LogP contribution in [0.25, 0.3) is 11.3 Å². The Morgan fingerprint density at radius 2 is 1.89 bits per heavy atom. The first-order chi connectivity index (χ1) is 16.9. The average molecular weight is 482 g/mol. The van der Waals surface area contributed by atoms with Crippen molar-refractivity contribution in [1.29, 1.82) is 0 Å². The number of ether oxygens (including phenoxy) is 1. The lowest BCUT2D eigenvalue weighted by Gasteiger charge is -2.33. The maximum absolute atomic E-state index is 14.9. The Hall–Kier alpha value is -3.86. The van der Waals surface area contributed by atoms with Crippen LogP contribution in [0.1, 0.15) is 13.8 Å². The largest absolute Gasteiger partial charge is 0.478 e. The molecule has 11 heteroatoms. The van der Waals surface area contributed by atoms with Crippen LogP contribution in [0.4, 0.5) is 31.9 Å². The quantitative estimate of drug-likeness (QED) is 0.574. The summed E-state index contributed by atoms with van der Waals surface area (Å²) in [5.41, 5.74) is 1.30. The van der Waals surface area contributed by atoms with Crippen LogP contribution < -0.4 is 25.2 Å². The molecule has 1 fully saturated rings. The molecule has 1 saturated heterocycles. The Balaban J connectivity index is 1.43. The zero-order chi connectivity index (χ0) is 24.5. The summed E-state index contributed by atoms with van der Waals surface area (Å²) in [6.07, 6.45) is 2.77. The van der Waals surface area contributed by atoms with Crippen molar-refractivity contribution in [3.05, 3.63) is 48.3 Å². The minimum atomic E-state index is -0.726. The molecule has 1 amide bonds. The van der Waals surface area contributed by atoms with E-state index in [-0.39, 0.29) is 47.2 Å². The van der Waals surface area contributed by atoms with Gasteiger partial charge < -0.3 is 25.2 Å². The van der Waals surface area contributed by atoms with E-state index < -0.39 is 11.6 Å². The molecule has 0 unspecified atom stereocenters. The normalized spacial score (nSPS) is 15.7. The van der Waals surface area contributed by atoms with E-state index in [1.807, 2.05) is 19.9 Å². The highest BCUT2D eigenvalue weighted by atomic mass is 19.1. The number of amides is 1. The van der Waals surface area contributed by atoms with Gasteiger partial charge in [-0.3, -0.25) is 4.79 Å². The first-order valence-electron chi connectivity index (χ1n) is 11.4. The molecule has 2 aliphatic heterocycles. The van der Waals surface area contributed by atoms with Crippen LogP contribution in [0.5, 0.6) is 5.75 Å². The molecule has 0 spiro atoms. The van der Waals surface area contributed by atoms with E-state index in [4.69, 9.17) is 4.74 Å². The topological polar surface area (TPSA) is 95.5 Å². The second kappa shape index (κ2) is 9.41. The van der Waals surface area contributed by atoms with E-state index in [1.165, 1.54) is 11.0 Å². The van der Waals surface area contributed by atoms with Gasteiger partial charge in [0, 0.05) is 37.8 Å².